The van der Waals surface area contributed by atoms with Gasteiger partial charge in [-0.3, -0.25) is 13.8 Å². The normalized spacial score (nSPS) is 17.9. The Morgan fingerprint density at radius 1 is 1.14 bits per heavy atom. The number of halogens is 3. The molecule has 5 heterocycles. The molecule has 15 heteroatoms. The van der Waals surface area contributed by atoms with Crippen molar-refractivity contribution in [1.82, 2.24) is 39.5 Å². The molecule has 5 aromatic rings. The van der Waals surface area contributed by atoms with Crippen molar-refractivity contribution in [1.29, 1.82) is 0 Å². The van der Waals surface area contributed by atoms with E-state index in [1.165, 1.54) is 15.7 Å². The van der Waals surface area contributed by atoms with Gasteiger partial charge in [-0.15, -0.1) is 0 Å². The molecule has 3 atom stereocenters. The Hall–Kier alpha value is -5.08. The molecule has 4 aromatic heterocycles. The summed E-state index contributed by atoms with van der Waals surface area (Å²) in [5.41, 5.74) is 9.33. The Morgan fingerprint density at radius 3 is 2.68 bits per heavy atom. The summed E-state index contributed by atoms with van der Waals surface area (Å²) in [4.78, 5) is 51.9. The third-order valence-electron chi connectivity index (χ3n) is 8.22. The minimum atomic E-state index is -4.51. The van der Waals surface area contributed by atoms with Crippen LogP contribution in [0.15, 0.2) is 55.1 Å². The molecule has 230 valence electrons. The lowest BCUT2D eigenvalue weighted by Crippen LogP contribution is -2.46. The first-order chi connectivity index (χ1) is 21.0. The van der Waals surface area contributed by atoms with Crippen LogP contribution >= 0.6 is 0 Å². The van der Waals surface area contributed by atoms with Crippen molar-refractivity contribution in [3.8, 4) is 0 Å². The average Bonchev–Trinajstić information content (AvgIpc) is 3.78. The molecule has 1 aliphatic rings. The number of primary amides is 1. The molecule has 0 saturated carbocycles. The Morgan fingerprint density at radius 2 is 1.93 bits per heavy atom. The average molecular weight is 610 g/mol. The van der Waals surface area contributed by atoms with Crippen LogP contribution < -0.4 is 16.4 Å². The van der Waals surface area contributed by atoms with Crippen LogP contribution in [0.3, 0.4) is 0 Å². The van der Waals surface area contributed by atoms with E-state index in [-0.39, 0.29) is 24.8 Å². The fourth-order valence-electron chi connectivity index (χ4n) is 6.14. The molecular formula is C29H30F3N9O3. The molecule has 1 aliphatic heterocycles. The maximum Gasteiger partial charge on any atom is 0.405 e. The third kappa shape index (κ3) is 5.40. The Kier molecular flexibility index (Phi) is 7.39. The second-order valence-corrected chi connectivity index (χ2v) is 10.9. The lowest BCUT2D eigenvalue weighted by atomic mass is 9.91. The van der Waals surface area contributed by atoms with Gasteiger partial charge in [0.05, 0.1) is 11.7 Å². The van der Waals surface area contributed by atoms with Crippen LogP contribution in [0.4, 0.5) is 22.8 Å². The number of aromatic amines is 1. The molecule has 6 rings (SSSR count). The fourth-order valence-corrected chi connectivity index (χ4v) is 6.14. The number of imidazole rings is 1. The van der Waals surface area contributed by atoms with Crippen LogP contribution in [-0.4, -0.2) is 78.6 Å². The van der Waals surface area contributed by atoms with Gasteiger partial charge in [0.1, 0.15) is 12.6 Å². The summed E-state index contributed by atoms with van der Waals surface area (Å²) in [7, 11) is 0. The molecule has 0 bridgehead atoms. The lowest BCUT2D eigenvalue weighted by Gasteiger charge is -2.18. The van der Waals surface area contributed by atoms with Gasteiger partial charge in [-0.1, -0.05) is 31.5 Å². The molecule has 1 fully saturated rings. The van der Waals surface area contributed by atoms with Crippen molar-refractivity contribution in [2.45, 2.75) is 37.9 Å². The molecular weight excluding hydrogens is 579 g/mol. The van der Waals surface area contributed by atoms with Crippen LogP contribution in [0.25, 0.3) is 27.7 Å². The van der Waals surface area contributed by atoms with E-state index in [9.17, 15) is 27.6 Å². The number of hydrogen-bond acceptors (Lipinski definition) is 5. The standard InChI is InChI=1S/C29H30F3N9O3/c1-2-16-13-39(28(44)37-15-29(30,31)32)14-19(16)23-11-35-24-12-36-25-22(41(23)24)7-8-40(25)26(42)21(38-27(33)43)9-17-10-34-20-6-4-3-5-18(17)20/h3-8,10-12,16,19,21,34H,2,9,13-15H2,1H3,(H,37,44)(H3,33,38,43)/t16-,19+,21-/m1/s1. The number of fused-ring (bicyclic) bond motifs is 4. The highest BCUT2D eigenvalue weighted by molar-refractivity contribution is 5.95. The van der Waals surface area contributed by atoms with Crippen LogP contribution in [0.1, 0.15) is 35.3 Å². The number of H-pyrrole nitrogens is 1. The Labute approximate surface area is 248 Å². The van der Waals surface area contributed by atoms with Crippen molar-refractivity contribution in [3.05, 3.63) is 66.4 Å². The molecule has 4 amide bonds. The van der Waals surface area contributed by atoms with Gasteiger partial charge in [-0.2, -0.15) is 13.2 Å². The number of para-hydroxylation sites is 1. The summed E-state index contributed by atoms with van der Waals surface area (Å²) in [6.45, 7) is 1.05. The van der Waals surface area contributed by atoms with Gasteiger partial charge >= 0.3 is 18.2 Å². The van der Waals surface area contributed by atoms with Crippen LogP contribution in [0.5, 0.6) is 0 Å². The van der Waals surface area contributed by atoms with Gasteiger partial charge in [0.15, 0.2) is 11.3 Å². The summed E-state index contributed by atoms with van der Waals surface area (Å²) < 4.78 is 41.3. The monoisotopic (exact) mass is 609 g/mol. The fraction of sp³-hybridized carbons (Fsp3) is 0.345. The SMILES string of the molecule is CC[C@@H]1CN(C(=O)NCC(F)(F)F)C[C@@H]1c1cnc2cnc3c(ccn3C(=O)[C@@H](Cc3c[nH]c4ccccc34)NC(N)=O)n12. The first-order valence-corrected chi connectivity index (χ1v) is 14.1. The number of nitrogens with one attached hydrogen (secondary N) is 3. The van der Waals surface area contributed by atoms with E-state index in [1.54, 1.807) is 24.7 Å². The number of alkyl halides is 3. The number of aromatic nitrogens is 5. The van der Waals surface area contributed by atoms with E-state index in [0.29, 0.717) is 29.8 Å². The maximum absolute atomic E-state index is 13.9. The van der Waals surface area contributed by atoms with Gasteiger partial charge in [-0.25, -0.2) is 19.6 Å². The molecule has 1 saturated heterocycles. The number of carbonyl (C=O) groups is 3. The molecule has 0 aliphatic carbocycles. The summed E-state index contributed by atoms with van der Waals surface area (Å²) in [5, 5.41) is 5.44. The number of likely N-dealkylation sites (tertiary alicyclic amines) is 1. The number of nitrogens with zero attached hydrogens (tertiary/aromatic N) is 5. The van der Waals surface area contributed by atoms with Crippen molar-refractivity contribution < 1.29 is 27.6 Å². The number of urea groups is 2. The first kappa shape index (κ1) is 29.0. The van der Waals surface area contributed by atoms with Gasteiger partial charge in [0.25, 0.3) is 5.91 Å². The van der Waals surface area contributed by atoms with E-state index in [1.807, 2.05) is 40.9 Å². The maximum atomic E-state index is 13.9. The highest BCUT2D eigenvalue weighted by Gasteiger charge is 2.38. The van der Waals surface area contributed by atoms with Crippen LogP contribution in [0, 0.1) is 5.92 Å². The Balaban J connectivity index is 1.32. The molecule has 5 N–H and O–H groups in total. The Bertz CT molecular complexity index is 1880. The molecule has 0 unspecified atom stereocenters. The lowest BCUT2D eigenvalue weighted by molar-refractivity contribution is -0.123. The minimum Gasteiger partial charge on any atom is -0.361 e. The zero-order chi connectivity index (χ0) is 31.2. The quantitative estimate of drug-likeness (QED) is 0.221. The van der Waals surface area contributed by atoms with Gasteiger partial charge in [-0.05, 0) is 23.6 Å². The number of rotatable bonds is 7. The number of amides is 4. The zero-order valence-corrected chi connectivity index (χ0v) is 23.6. The molecule has 1 aromatic carbocycles. The highest BCUT2D eigenvalue weighted by atomic mass is 19.4. The summed E-state index contributed by atoms with van der Waals surface area (Å²) in [5.74, 6) is -0.696. The molecule has 12 nitrogen and oxygen atoms in total. The van der Waals surface area contributed by atoms with E-state index in [0.717, 1.165) is 22.2 Å². The second-order valence-electron chi connectivity index (χ2n) is 10.9. The first-order valence-electron chi connectivity index (χ1n) is 14.1. The second kappa shape index (κ2) is 11.2. The summed E-state index contributed by atoms with van der Waals surface area (Å²) in [6, 6.07) is 6.72. The predicted molar refractivity (Wildman–Crippen MR) is 155 cm³/mol. The van der Waals surface area contributed by atoms with Gasteiger partial charge in [0.2, 0.25) is 0 Å². The molecule has 44 heavy (non-hydrogen) atoms. The van der Waals surface area contributed by atoms with Crippen molar-refractivity contribution >= 4 is 45.7 Å². The smallest absolute Gasteiger partial charge is 0.361 e. The largest absolute Gasteiger partial charge is 0.405 e. The summed E-state index contributed by atoms with van der Waals surface area (Å²) >= 11 is 0. The summed E-state index contributed by atoms with van der Waals surface area (Å²) in [6.07, 6.45) is 2.91. The minimum absolute atomic E-state index is 0.0289. The zero-order valence-electron chi connectivity index (χ0n) is 23.6. The third-order valence-corrected chi connectivity index (χ3v) is 8.22. The van der Waals surface area contributed by atoms with Gasteiger partial charge < -0.3 is 26.3 Å². The number of carbonyl (C=O) groups excluding carboxylic acids is 3. The van der Waals surface area contributed by atoms with E-state index in [2.05, 4.69) is 20.3 Å². The van der Waals surface area contributed by atoms with Gasteiger partial charge in [0, 0.05) is 60.6 Å². The number of hydrogen-bond donors (Lipinski definition) is 4. The van der Waals surface area contributed by atoms with E-state index >= 15 is 0 Å². The topological polar surface area (TPSA) is 155 Å². The number of nitrogens with two attached hydrogens (primary N) is 1. The van der Waals surface area contributed by atoms with Crippen molar-refractivity contribution in [2.75, 3.05) is 19.6 Å². The van der Waals surface area contributed by atoms with E-state index < -0.39 is 36.7 Å². The van der Waals surface area contributed by atoms with Crippen LogP contribution in [0.2, 0.25) is 0 Å². The van der Waals surface area contributed by atoms with Crippen LogP contribution in [-0.2, 0) is 6.42 Å². The molecule has 0 spiro atoms. The predicted octanol–water partition coefficient (Wildman–Crippen LogP) is 3.78. The van der Waals surface area contributed by atoms with Crippen molar-refractivity contribution in [2.24, 2.45) is 11.7 Å². The highest BCUT2D eigenvalue weighted by Crippen LogP contribution is 2.36. The van der Waals surface area contributed by atoms with E-state index in [4.69, 9.17) is 5.73 Å². The molecule has 0 radical (unpaired) electrons. The number of benzene rings is 1. The van der Waals surface area contributed by atoms with Crippen molar-refractivity contribution in [3.63, 3.8) is 0 Å².